The van der Waals surface area contributed by atoms with E-state index in [0.29, 0.717) is 17.0 Å². The number of aliphatic carboxylic acids is 1. The maximum absolute atomic E-state index is 10.6. The average molecular weight is 223 g/mol. The van der Waals surface area contributed by atoms with Gasteiger partial charge in [0.25, 0.3) is 0 Å². The molecule has 16 heavy (non-hydrogen) atoms. The van der Waals surface area contributed by atoms with Crippen LogP contribution in [0.25, 0.3) is 0 Å². The van der Waals surface area contributed by atoms with E-state index < -0.39 is 5.97 Å². The second kappa shape index (κ2) is 5.75. The first-order chi connectivity index (χ1) is 7.67. The molecular formula is C11H13NO4. The molecule has 1 rings (SSSR count). The van der Waals surface area contributed by atoms with Crippen LogP contribution in [0.2, 0.25) is 0 Å². The molecule has 0 spiro atoms. The van der Waals surface area contributed by atoms with Crippen LogP contribution in [-0.4, -0.2) is 31.0 Å². The number of methoxy groups -OCH3 is 1. The molecule has 0 aliphatic rings. The number of carboxylic acids is 1. The van der Waals surface area contributed by atoms with E-state index in [4.69, 9.17) is 9.84 Å². The van der Waals surface area contributed by atoms with Crippen LogP contribution in [0.5, 0.6) is 5.75 Å². The smallest absolute Gasteiger partial charge is 0.309 e. The number of rotatable bonds is 5. The van der Waals surface area contributed by atoms with Gasteiger partial charge in [0.1, 0.15) is 12.9 Å². The van der Waals surface area contributed by atoms with Crippen molar-refractivity contribution in [2.75, 3.05) is 14.2 Å². The summed E-state index contributed by atoms with van der Waals surface area (Å²) in [6.45, 7) is 0. The molecular weight excluding hydrogens is 210 g/mol. The molecule has 0 heterocycles. The fraction of sp³-hybridized carbons (Fsp3) is 0.273. The van der Waals surface area contributed by atoms with Gasteiger partial charge in [0, 0.05) is 5.56 Å². The predicted octanol–water partition coefficient (Wildman–Crippen LogP) is 1.52. The van der Waals surface area contributed by atoms with Crippen molar-refractivity contribution in [3.05, 3.63) is 29.8 Å². The topological polar surface area (TPSA) is 68.1 Å². The highest BCUT2D eigenvalue weighted by atomic mass is 16.6. The third-order valence-corrected chi connectivity index (χ3v) is 1.94. The molecule has 0 saturated heterocycles. The van der Waals surface area contributed by atoms with Gasteiger partial charge in [-0.05, 0) is 24.3 Å². The third-order valence-electron chi connectivity index (χ3n) is 1.94. The molecule has 5 heteroatoms. The van der Waals surface area contributed by atoms with E-state index in [1.807, 2.05) is 0 Å². The Morgan fingerprint density at radius 2 is 1.94 bits per heavy atom. The molecule has 86 valence electrons. The van der Waals surface area contributed by atoms with E-state index in [1.54, 1.807) is 31.4 Å². The number of ether oxygens (including phenoxy) is 1. The van der Waals surface area contributed by atoms with Crippen molar-refractivity contribution in [1.29, 1.82) is 0 Å². The van der Waals surface area contributed by atoms with E-state index in [2.05, 4.69) is 9.99 Å². The zero-order valence-corrected chi connectivity index (χ0v) is 9.14. The van der Waals surface area contributed by atoms with E-state index in [0.717, 1.165) is 0 Å². The quantitative estimate of drug-likeness (QED) is 0.607. The fourth-order valence-electron chi connectivity index (χ4n) is 1.22. The van der Waals surface area contributed by atoms with Crippen molar-refractivity contribution in [3.63, 3.8) is 0 Å². The number of oxime groups is 1. The van der Waals surface area contributed by atoms with Crippen LogP contribution in [0.1, 0.15) is 12.0 Å². The molecule has 0 radical (unpaired) electrons. The van der Waals surface area contributed by atoms with Gasteiger partial charge in [-0.25, -0.2) is 0 Å². The first kappa shape index (κ1) is 12.0. The number of carbonyl (C=O) groups is 1. The van der Waals surface area contributed by atoms with Gasteiger partial charge in [0.15, 0.2) is 0 Å². The maximum atomic E-state index is 10.6. The summed E-state index contributed by atoms with van der Waals surface area (Å²) >= 11 is 0. The molecule has 1 aromatic carbocycles. The van der Waals surface area contributed by atoms with E-state index in [-0.39, 0.29) is 6.42 Å². The zero-order chi connectivity index (χ0) is 12.0. The lowest BCUT2D eigenvalue weighted by Gasteiger charge is -2.04. The van der Waals surface area contributed by atoms with Gasteiger partial charge in [-0.2, -0.15) is 0 Å². The van der Waals surface area contributed by atoms with Crippen LogP contribution in [-0.2, 0) is 9.63 Å². The van der Waals surface area contributed by atoms with Crippen LogP contribution in [0.3, 0.4) is 0 Å². The van der Waals surface area contributed by atoms with Crippen LogP contribution in [0.4, 0.5) is 0 Å². The Balaban J connectivity index is 2.93. The molecule has 1 N–H and O–H groups in total. The summed E-state index contributed by atoms with van der Waals surface area (Å²) in [5, 5.41) is 12.4. The Morgan fingerprint density at radius 1 is 1.31 bits per heavy atom. The van der Waals surface area contributed by atoms with Gasteiger partial charge in [0.2, 0.25) is 0 Å². The molecule has 0 saturated carbocycles. The largest absolute Gasteiger partial charge is 0.497 e. The summed E-state index contributed by atoms with van der Waals surface area (Å²) < 4.78 is 5.00. The molecule has 0 aliphatic carbocycles. The van der Waals surface area contributed by atoms with Crippen molar-refractivity contribution >= 4 is 11.7 Å². The summed E-state index contributed by atoms with van der Waals surface area (Å²) in [5.74, 6) is -0.248. The summed E-state index contributed by atoms with van der Waals surface area (Å²) in [5.41, 5.74) is 1.07. The van der Waals surface area contributed by atoms with Crippen molar-refractivity contribution in [2.24, 2.45) is 5.16 Å². The van der Waals surface area contributed by atoms with Crippen molar-refractivity contribution in [3.8, 4) is 5.75 Å². The molecule has 1 aromatic rings. The Hall–Kier alpha value is -2.04. The molecule has 0 aromatic heterocycles. The Morgan fingerprint density at radius 3 is 2.38 bits per heavy atom. The summed E-state index contributed by atoms with van der Waals surface area (Å²) in [7, 11) is 2.95. The molecule has 0 unspecified atom stereocenters. The minimum Gasteiger partial charge on any atom is -0.497 e. The van der Waals surface area contributed by atoms with Gasteiger partial charge in [-0.15, -0.1) is 0 Å². The highest BCUT2D eigenvalue weighted by Gasteiger charge is 2.09. The monoisotopic (exact) mass is 223 g/mol. The highest BCUT2D eigenvalue weighted by Crippen LogP contribution is 2.13. The molecule has 0 bridgehead atoms. The fourth-order valence-corrected chi connectivity index (χ4v) is 1.22. The predicted molar refractivity (Wildman–Crippen MR) is 58.8 cm³/mol. The van der Waals surface area contributed by atoms with Gasteiger partial charge in [-0.1, -0.05) is 5.16 Å². The zero-order valence-electron chi connectivity index (χ0n) is 9.14. The minimum absolute atomic E-state index is 0.180. The van der Waals surface area contributed by atoms with Crippen molar-refractivity contribution in [2.45, 2.75) is 6.42 Å². The lowest BCUT2D eigenvalue weighted by atomic mass is 10.1. The van der Waals surface area contributed by atoms with Gasteiger partial charge in [-0.3, -0.25) is 4.79 Å². The third kappa shape index (κ3) is 3.27. The Bertz CT molecular complexity index is 383. The Kier molecular flexibility index (Phi) is 4.32. The minimum atomic E-state index is -0.952. The number of benzene rings is 1. The van der Waals surface area contributed by atoms with Crippen LogP contribution in [0, 0.1) is 0 Å². The number of nitrogens with zero attached hydrogens (tertiary/aromatic N) is 1. The lowest BCUT2D eigenvalue weighted by molar-refractivity contribution is -0.135. The second-order valence-corrected chi connectivity index (χ2v) is 3.02. The van der Waals surface area contributed by atoms with E-state index in [1.165, 1.54) is 7.11 Å². The molecule has 0 atom stereocenters. The standard InChI is InChI=1S/C11H13NO4/c1-15-9-5-3-8(4-6-9)10(12-16-2)7-11(13)14/h3-6H,7H2,1-2H3,(H,13,14)/b12-10+. The summed E-state index contributed by atoms with van der Waals surface area (Å²) in [4.78, 5) is 15.2. The molecule has 0 amide bonds. The number of hydrogen-bond donors (Lipinski definition) is 1. The molecule has 5 nitrogen and oxygen atoms in total. The first-order valence-corrected chi connectivity index (χ1v) is 4.63. The van der Waals surface area contributed by atoms with Crippen LogP contribution in [0.15, 0.2) is 29.4 Å². The average Bonchev–Trinajstić information content (AvgIpc) is 2.28. The van der Waals surface area contributed by atoms with Gasteiger partial charge >= 0.3 is 5.97 Å². The first-order valence-electron chi connectivity index (χ1n) is 4.63. The normalized spacial score (nSPS) is 11.0. The van der Waals surface area contributed by atoms with Crippen LogP contribution < -0.4 is 4.74 Å². The SMILES string of the molecule is CO/N=C(\CC(=O)O)c1ccc(OC)cc1. The summed E-state index contributed by atoms with van der Waals surface area (Å²) in [6.07, 6.45) is -0.180. The van der Waals surface area contributed by atoms with Crippen molar-refractivity contribution in [1.82, 2.24) is 0 Å². The molecule has 0 fully saturated rings. The number of hydrogen-bond acceptors (Lipinski definition) is 4. The highest BCUT2D eigenvalue weighted by molar-refractivity contribution is 6.08. The Labute approximate surface area is 93.3 Å². The second-order valence-electron chi connectivity index (χ2n) is 3.02. The maximum Gasteiger partial charge on any atom is 0.309 e. The van der Waals surface area contributed by atoms with E-state index >= 15 is 0 Å². The lowest BCUT2D eigenvalue weighted by Crippen LogP contribution is -2.08. The molecule has 0 aliphatic heterocycles. The number of carboxylic acid groups (broad SMARTS) is 1. The van der Waals surface area contributed by atoms with Crippen molar-refractivity contribution < 1.29 is 19.5 Å². The van der Waals surface area contributed by atoms with Gasteiger partial charge in [0.05, 0.1) is 19.2 Å². The van der Waals surface area contributed by atoms with Crippen LogP contribution >= 0.6 is 0 Å². The van der Waals surface area contributed by atoms with E-state index in [9.17, 15) is 4.79 Å². The van der Waals surface area contributed by atoms with Gasteiger partial charge < -0.3 is 14.7 Å². The summed E-state index contributed by atoms with van der Waals surface area (Å²) in [6, 6.07) is 6.95.